The summed E-state index contributed by atoms with van der Waals surface area (Å²) in [5.74, 6) is -0.379. The van der Waals surface area contributed by atoms with Crippen molar-refractivity contribution in [2.45, 2.75) is 20.8 Å². The van der Waals surface area contributed by atoms with Gasteiger partial charge in [0.05, 0.1) is 6.61 Å². The summed E-state index contributed by atoms with van der Waals surface area (Å²) >= 11 is 0. The van der Waals surface area contributed by atoms with E-state index in [1.165, 1.54) is 12.2 Å². The van der Waals surface area contributed by atoms with Crippen LogP contribution in [0.15, 0.2) is 12.2 Å². The highest BCUT2D eigenvalue weighted by molar-refractivity contribution is 5.98. The SMILES string of the molecule is CCOCCNC(=O)/C=C\C(=O)C(C)C. The Hall–Kier alpha value is -1.16. The minimum atomic E-state index is -0.260. The number of hydrogen-bond donors (Lipinski definition) is 1. The van der Waals surface area contributed by atoms with Crippen molar-refractivity contribution in [2.24, 2.45) is 5.92 Å². The van der Waals surface area contributed by atoms with Crippen molar-refractivity contribution < 1.29 is 14.3 Å². The van der Waals surface area contributed by atoms with E-state index < -0.39 is 0 Å². The lowest BCUT2D eigenvalue weighted by molar-refractivity contribution is -0.119. The monoisotopic (exact) mass is 213 g/mol. The van der Waals surface area contributed by atoms with Gasteiger partial charge in [0.1, 0.15) is 0 Å². The van der Waals surface area contributed by atoms with Gasteiger partial charge in [-0.1, -0.05) is 13.8 Å². The molecule has 0 aliphatic heterocycles. The molecule has 4 nitrogen and oxygen atoms in total. The van der Waals surface area contributed by atoms with Gasteiger partial charge >= 0.3 is 0 Å². The predicted molar refractivity (Wildman–Crippen MR) is 58.5 cm³/mol. The highest BCUT2D eigenvalue weighted by Crippen LogP contribution is 1.94. The molecule has 15 heavy (non-hydrogen) atoms. The van der Waals surface area contributed by atoms with Gasteiger partial charge < -0.3 is 10.1 Å². The Balaban J connectivity index is 3.69. The van der Waals surface area contributed by atoms with Crippen LogP contribution < -0.4 is 5.32 Å². The van der Waals surface area contributed by atoms with Crippen molar-refractivity contribution in [3.05, 3.63) is 12.2 Å². The molecule has 0 aliphatic carbocycles. The highest BCUT2D eigenvalue weighted by atomic mass is 16.5. The molecule has 86 valence electrons. The Labute approximate surface area is 90.7 Å². The Kier molecular flexibility index (Phi) is 7.54. The first-order valence-corrected chi connectivity index (χ1v) is 5.15. The molecule has 0 aromatic rings. The fourth-order valence-electron chi connectivity index (χ4n) is 0.800. The van der Waals surface area contributed by atoms with E-state index in [1.807, 2.05) is 6.92 Å². The van der Waals surface area contributed by atoms with Gasteiger partial charge in [-0.15, -0.1) is 0 Å². The summed E-state index contributed by atoms with van der Waals surface area (Å²) in [4.78, 5) is 22.3. The number of allylic oxidation sites excluding steroid dienone is 1. The average molecular weight is 213 g/mol. The molecular formula is C11H19NO3. The van der Waals surface area contributed by atoms with E-state index in [9.17, 15) is 9.59 Å². The molecule has 0 unspecified atom stereocenters. The molecule has 0 aromatic heterocycles. The molecule has 0 aromatic carbocycles. The maximum Gasteiger partial charge on any atom is 0.244 e. The van der Waals surface area contributed by atoms with Gasteiger partial charge in [-0.2, -0.15) is 0 Å². The van der Waals surface area contributed by atoms with E-state index in [2.05, 4.69) is 5.32 Å². The first-order valence-electron chi connectivity index (χ1n) is 5.15. The highest BCUT2D eigenvalue weighted by Gasteiger charge is 2.02. The Morgan fingerprint density at radius 3 is 2.53 bits per heavy atom. The third-order valence-corrected chi connectivity index (χ3v) is 1.72. The van der Waals surface area contributed by atoms with Crippen LogP contribution in [0.3, 0.4) is 0 Å². The lowest BCUT2D eigenvalue weighted by atomic mass is 10.1. The van der Waals surface area contributed by atoms with E-state index in [0.29, 0.717) is 19.8 Å². The summed E-state index contributed by atoms with van der Waals surface area (Å²) in [6, 6.07) is 0. The topological polar surface area (TPSA) is 55.4 Å². The molecule has 0 atom stereocenters. The molecule has 1 N–H and O–H groups in total. The summed E-state index contributed by atoms with van der Waals surface area (Å²) in [6.45, 7) is 7.07. The molecule has 0 heterocycles. The smallest absolute Gasteiger partial charge is 0.244 e. The maximum atomic E-state index is 11.1. The van der Waals surface area contributed by atoms with Crippen LogP contribution in [-0.4, -0.2) is 31.4 Å². The molecule has 4 heteroatoms. The first-order chi connectivity index (χ1) is 7.07. The molecule has 0 aliphatic rings. The minimum Gasteiger partial charge on any atom is -0.380 e. The summed E-state index contributed by atoms with van der Waals surface area (Å²) in [5.41, 5.74) is 0. The van der Waals surface area contributed by atoms with Crippen LogP contribution >= 0.6 is 0 Å². The summed E-state index contributed by atoms with van der Waals surface area (Å²) in [5, 5.41) is 2.61. The molecular weight excluding hydrogens is 194 g/mol. The Bertz CT molecular complexity index is 234. The zero-order valence-electron chi connectivity index (χ0n) is 9.58. The number of amides is 1. The quantitative estimate of drug-likeness (QED) is 0.505. The van der Waals surface area contributed by atoms with Gasteiger partial charge in [-0.3, -0.25) is 9.59 Å². The van der Waals surface area contributed by atoms with E-state index >= 15 is 0 Å². The normalized spacial score (nSPS) is 10.9. The lowest BCUT2D eigenvalue weighted by Crippen LogP contribution is -2.25. The number of ether oxygens (including phenoxy) is 1. The number of carbonyl (C=O) groups excluding carboxylic acids is 2. The number of rotatable bonds is 7. The fraction of sp³-hybridized carbons (Fsp3) is 0.636. The molecule has 1 amide bonds. The van der Waals surface area contributed by atoms with Crippen molar-refractivity contribution in [3.63, 3.8) is 0 Å². The van der Waals surface area contributed by atoms with Crippen LogP contribution in [0.2, 0.25) is 0 Å². The summed E-state index contributed by atoms with van der Waals surface area (Å²) < 4.78 is 5.04. The fourth-order valence-corrected chi connectivity index (χ4v) is 0.800. The maximum absolute atomic E-state index is 11.1. The van der Waals surface area contributed by atoms with Crippen LogP contribution in [-0.2, 0) is 14.3 Å². The van der Waals surface area contributed by atoms with E-state index in [0.717, 1.165) is 0 Å². The Morgan fingerprint density at radius 2 is 2.00 bits per heavy atom. The number of hydrogen-bond acceptors (Lipinski definition) is 3. The lowest BCUT2D eigenvalue weighted by Gasteiger charge is -2.02. The predicted octanol–water partition coefficient (Wildman–Crippen LogP) is 0.920. The zero-order valence-corrected chi connectivity index (χ0v) is 9.58. The van der Waals surface area contributed by atoms with Crippen molar-refractivity contribution in [1.29, 1.82) is 0 Å². The molecule has 0 bridgehead atoms. The van der Waals surface area contributed by atoms with Crippen LogP contribution in [0, 0.1) is 5.92 Å². The second-order valence-electron chi connectivity index (χ2n) is 3.38. The van der Waals surface area contributed by atoms with Crippen LogP contribution in [0.1, 0.15) is 20.8 Å². The van der Waals surface area contributed by atoms with Crippen molar-refractivity contribution in [1.82, 2.24) is 5.32 Å². The molecule has 0 saturated carbocycles. The van der Waals surface area contributed by atoms with Crippen molar-refractivity contribution in [3.8, 4) is 0 Å². The van der Waals surface area contributed by atoms with Gasteiger partial charge in [0.25, 0.3) is 0 Å². The van der Waals surface area contributed by atoms with Crippen LogP contribution in [0.25, 0.3) is 0 Å². The van der Waals surface area contributed by atoms with Gasteiger partial charge in [-0.25, -0.2) is 0 Å². The molecule has 0 saturated heterocycles. The third-order valence-electron chi connectivity index (χ3n) is 1.72. The van der Waals surface area contributed by atoms with Crippen molar-refractivity contribution >= 4 is 11.7 Å². The van der Waals surface area contributed by atoms with Gasteiger partial charge in [-0.05, 0) is 13.0 Å². The van der Waals surface area contributed by atoms with Crippen LogP contribution in [0.5, 0.6) is 0 Å². The second-order valence-corrected chi connectivity index (χ2v) is 3.38. The van der Waals surface area contributed by atoms with Crippen molar-refractivity contribution in [2.75, 3.05) is 19.8 Å². The average Bonchev–Trinajstić information content (AvgIpc) is 2.20. The number of carbonyl (C=O) groups is 2. The van der Waals surface area contributed by atoms with Gasteiger partial charge in [0, 0.05) is 25.1 Å². The zero-order chi connectivity index (χ0) is 11.7. The first kappa shape index (κ1) is 13.8. The number of ketones is 1. The molecule has 0 spiro atoms. The standard InChI is InChI=1S/C11H19NO3/c1-4-15-8-7-12-11(14)6-5-10(13)9(2)3/h5-6,9H,4,7-8H2,1-3H3,(H,12,14)/b6-5-. The molecule has 0 radical (unpaired) electrons. The second kappa shape index (κ2) is 8.17. The summed E-state index contributed by atoms with van der Waals surface area (Å²) in [7, 11) is 0. The Morgan fingerprint density at radius 1 is 1.33 bits per heavy atom. The van der Waals surface area contributed by atoms with Gasteiger partial charge in [0.2, 0.25) is 5.91 Å². The van der Waals surface area contributed by atoms with E-state index in [-0.39, 0.29) is 17.6 Å². The third kappa shape index (κ3) is 7.88. The van der Waals surface area contributed by atoms with Gasteiger partial charge in [0.15, 0.2) is 5.78 Å². The summed E-state index contributed by atoms with van der Waals surface area (Å²) in [6.07, 6.45) is 2.56. The largest absolute Gasteiger partial charge is 0.380 e. The minimum absolute atomic E-state index is 0.0463. The van der Waals surface area contributed by atoms with E-state index in [4.69, 9.17) is 4.74 Å². The van der Waals surface area contributed by atoms with E-state index in [1.54, 1.807) is 13.8 Å². The van der Waals surface area contributed by atoms with Crippen LogP contribution in [0.4, 0.5) is 0 Å². The molecule has 0 fully saturated rings. The number of nitrogens with one attached hydrogen (secondary N) is 1. The molecule has 0 rings (SSSR count).